The van der Waals surface area contributed by atoms with E-state index in [1.54, 1.807) is 0 Å². The number of nitro benzene ring substituents is 1. The summed E-state index contributed by atoms with van der Waals surface area (Å²) in [5.74, 6) is 4.58. The van der Waals surface area contributed by atoms with Gasteiger partial charge >= 0.3 is 0 Å². The number of rotatable bonds is 7. The zero-order chi connectivity index (χ0) is 16.0. The number of nitro groups is 1. The molecule has 5 N–H and O–H groups in total. The molecule has 0 spiro atoms. The maximum absolute atomic E-state index is 11.8. The first-order chi connectivity index (χ1) is 9.74. The van der Waals surface area contributed by atoms with Crippen molar-refractivity contribution in [2.75, 3.05) is 24.8 Å². The number of hydrogen-bond donors (Lipinski definition) is 4. The maximum atomic E-state index is 11.8. The molecule has 11 heteroatoms. The number of nitrogens with one attached hydrogen (secondary N) is 3. The zero-order valence-electron chi connectivity index (χ0n) is 11.1. The molecule has 0 aliphatic rings. The lowest BCUT2D eigenvalue weighted by Gasteiger charge is -2.07. The van der Waals surface area contributed by atoms with E-state index in [1.807, 2.05) is 0 Å². The number of benzene rings is 1. The van der Waals surface area contributed by atoms with E-state index in [4.69, 9.17) is 5.84 Å². The van der Waals surface area contributed by atoms with E-state index in [0.29, 0.717) is 0 Å². The Morgan fingerprint density at radius 2 is 2.05 bits per heavy atom. The average Bonchev–Trinajstić information content (AvgIpc) is 2.41. The van der Waals surface area contributed by atoms with Gasteiger partial charge in [0.05, 0.1) is 11.2 Å². The van der Waals surface area contributed by atoms with Crippen LogP contribution in [0.2, 0.25) is 0 Å². The molecule has 21 heavy (non-hydrogen) atoms. The molecular weight excluding hydrogens is 302 g/mol. The summed E-state index contributed by atoms with van der Waals surface area (Å²) < 4.78 is 23.8. The Labute approximate surface area is 120 Å². The highest BCUT2D eigenvalue weighted by molar-refractivity contribution is 7.88. The van der Waals surface area contributed by atoms with Crippen LogP contribution in [-0.2, 0) is 10.0 Å². The van der Waals surface area contributed by atoms with E-state index in [2.05, 4.69) is 15.5 Å². The lowest BCUT2D eigenvalue weighted by Crippen LogP contribution is -2.34. The molecule has 0 saturated heterocycles. The number of carbonyl (C=O) groups excluding carboxylic acids is 1. The molecule has 0 aromatic heterocycles. The van der Waals surface area contributed by atoms with Crippen LogP contribution in [0.15, 0.2) is 18.2 Å². The second-order valence-electron chi connectivity index (χ2n) is 4.06. The van der Waals surface area contributed by atoms with Crippen LogP contribution in [0, 0.1) is 10.1 Å². The topological polar surface area (TPSA) is 156 Å². The molecule has 1 aromatic carbocycles. The second kappa shape index (κ2) is 6.97. The van der Waals surface area contributed by atoms with Gasteiger partial charge in [-0.3, -0.25) is 20.8 Å². The van der Waals surface area contributed by atoms with Gasteiger partial charge in [-0.25, -0.2) is 13.1 Å². The third-order valence-corrected chi connectivity index (χ3v) is 3.12. The highest BCUT2D eigenvalue weighted by Crippen LogP contribution is 2.24. The van der Waals surface area contributed by atoms with Crippen molar-refractivity contribution in [2.24, 2.45) is 5.84 Å². The molecule has 0 heterocycles. The van der Waals surface area contributed by atoms with Crippen molar-refractivity contribution in [3.8, 4) is 0 Å². The predicted molar refractivity (Wildman–Crippen MR) is 76.1 cm³/mol. The Balaban J connectivity index is 2.70. The van der Waals surface area contributed by atoms with E-state index >= 15 is 0 Å². The molecule has 116 valence electrons. The van der Waals surface area contributed by atoms with Gasteiger partial charge in [0.15, 0.2) is 0 Å². The maximum Gasteiger partial charge on any atom is 0.294 e. The molecule has 0 bridgehead atoms. The fourth-order valence-corrected chi connectivity index (χ4v) is 1.93. The summed E-state index contributed by atoms with van der Waals surface area (Å²) in [4.78, 5) is 21.9. The van der Waals surface area contributed by atoms with Crippen LogP contribution in [0.5, 0.6) is 0 Å². The summed E-state index contributed by atoms with van der Waals surface area (Å²) in [6.07, 6.45) is 0.997. The number of nitrogens with two attached hydrogens (primary N) is 1. The first kappa shape index (κ1) is 16.8. The van der Waals surface area contributed by atoms with E-state index in [0.717, 1.165) is 12.3 Å². The van der Waals surface area contributed by atoms with E-state index in [9.17, 15) is 23.3 Å². The summed E-state index contributed by atoms with van der Waals surface area (Å²) in [6, 6.07) is 3.75. The highest BCUT2D eigenvalue weighted by atomic mass is 32.2. The van der Waals surface area contributed by atoms with Crippen LogP contribution < -0.4 is 21.3 Å². The number of carbonyl (C=O) groups is 1. The third kappa shape index (κ3) is 5.33. The molecule has 0 radical (unpaired) electrons. The highest BCUT2D eigenvalue weighted by Gasteiger charge is 2.16. The second-order valence-corrected chi connectivity index (χ2v) is 5.89. The Morgan fingerprint density at radius 1 is 1.38 bits per heavy atom. The molecule has 0 unspecified atom stereocenters. The lowest BCUT2D eigenvalue weighted by atomic mass is 10.1. The molecule has 0 aliphatic carbocycles. The molecule has 1 aromatic rings. The van der Waals surface area contributed by atoms with E-state index < -0.39 is 20.9 Å². The van der Waals surface area contributed by atoms with E-state index in [-0.39, 0.29) is 30.0 Å². The molecule has 10 nitrogen and oxygen atoms in total. The number of anilines is 1. The van der Waals surface area contributed by atoms with Crippen molar-refractivity contribution in [1.29, 1.82) is 0 Å². The van der Waals surface area contributed by atoms with Gasteiger partial charge in [0.1, 0.15) is 5.69 Å². The van der Waals surface area contributed by atoms with E-state index in [1.165, 1.54) is 12.1 Å². The van der Waals surface area contributed by atoms with Crippen molar-refractivity contribution in [3.05, 3.63) is 33.9 Å². The average molecular weight is 317 g/mol. The Hall–Kier alpha value is -2.24. The predicted octanol–water partition coefficient (Wildman–Crippen LogP) is -0.841. The Bertz CT molecular complexity index is 645. The number of hydrogen-bond acceptors (Lipinski definition) is 7. The fourth-order valence-electron chi connectivity index (χ4n) is 1.46. The van der Waals surface area contributed by atoms with Crippen LogP contribution in [0.4, 0.5) is 11.4 Å². The van der Waals surface area contributed by atoms with Gasteiger partial charge in [-0.1, -0.05) is 0 Å². The first-order valence-corrected chi connectivity index (χ1v) is 7.61. The summed E-state index contributed by atoms with van der Waals surface area (Å²) in [5, 5.41) is 13.3. The Morgan fingerprint density at radius 3 is 2.57 bits per heavy atom. The van der Waals surface area contributed by atoms with Gasteiger partial charge in [-0.05, 0) is 12.1 Å². The number of sulfonamides is 1. The van der Waals surface area contributed by atoms with Crippen LogP contribution in [-0.4, -0.2) is 38.6 Å². The van der Waals surface area contributed by atoms with Gasteiger partial charge in [-0.2, -0.15) is 0 Å². The van der Waals surface area contributed by atoms with Crippen molar-refractivity contribution >= 4 is 27.3 Å². The summed E-state index contributed by atoms with van der Waals surface area (Å²) in [7, 11) is -3.33. The molecule has 0 atom stereocenters. The smallest absolute Gasteiger partial charge is 0.294 e. The zero-order valence-corrected chi connectivity index (χ0v) is 11.9. The fraction of sp³-hybridized carbons (Fsp3) is 0.300. The SMILES string of the molecule is CS(=O)(=O)NCCNC(=O)c1ccc(NN)c([N+](=O)[O-])c1. The molecule has 0 saturated carbocycles. The molecular formula is C10H15N5O5S. The number of nitrogen functional groups attached to an aromatic ring is 1. The first-order valence-electron chi connectivity index (χ1n) is 5.72. The van der Waals surface area contributed by atoms with Crippen molar-refractivity contribution in [1.82, 2.24) is 10.0 Å². The third-order valence-electron chi connectivity index (χ3n) is 2.39. The standard InChI is InChI=1S/C10H15N5O5S/c1-21(19,20)13-5-4-12-10(16)7-2-3-8(14-11)9(6-7)15(17)18/h2-3,6,13-14H,4-5,11H2,1H3,(H,12,16). The number of amides is 1. The Kier molecular flexibility index (Phi) is 5.58. The molecule has 1 rings (SSSR count). The van der Waals surface area contributed by atoms with Crippen LogP contribution in [0.1, 0.15) is 10.4 Å². The van der Waals surface area contributed by atoms with Gasteiger partial charge in [-0.15, -0.1) is 0 Å². The largest absolute Gasteiger partial charge is 0.351 e. The molecule has 0 aliphatic heterocycles. The van der Waals surface area contributed by atoms with Gasteiger partial charge in [0.2, 0.25) is 10.0 Å². The van der Waals surface area contributed by atoms with Gasteiger partial charge in [0, 0.05) is 24.7 Å². The number of hydrazine groups is 1. The quantitative estimate of drug-likeness (QED) is 0.221. The lowest BCUT2D eigenvalue weighted by molar-refractivity contribution is -0.384. The van der Waals surface area contributed by atoms with Gasteiger partial charge < -0.3 is 10.7 Å². The monoisotopic (exact) mass is 317 g/mol. The summed E-state index contributed by atoms with van der Waals surface area (Å²) in [6.45, 7) is 0.0751. The van der Waals surface area contributed by atoms with Crippen LogP contribution in [0.25, 0.3) is 0 Å². The molecule has 1 amide bonds. The van der Waals surface area contributed by atoms with Crippen LogP contribution in [0.3, 0.4) is 0 Å². The normalized spacial score (nSPS) is 11.0. The van der Waals surface area contributed by atoms with Crippen molar-refractivity contribution in [3.63, 3.8) is 0 Å². The van der Waals surface area contributed by atoms with Gasteiger partial charge in [0.25, 0.3) is 11.6 Å². The van der Waals surface area contributed by atoms with Crippen molar-refractivity contribution in [2.45, 2.75) is 0 Å². The summed E-state index contributed by atoms with van der Waals surface area (Å²) >= 11 is 0. The van der Waals surface area contributed by atoms with Crippen molar-refractivity contribution < 1.29 is 18.1 Å². The minimum Gasteiger partial charge on any atom is -0.351 e. The molecule has 0 fully saturated rings. The van der Waals surface area contributed by atoms with Crippen LogP contribution >= 0.6 is 0 Å². The summed E-state index contributed by atoms with van der Waals surface area (Å²) in [5.41, 5.74) is 1.98. The minimum absolute atomic E-state index is 0.0229. The minimum atomic E-state index is -3.33. The number of nitrogens with zero attached hydrogens (tertiary/aromatic N) is 1.